The minimum absolute atomic E-state index is 0.00249. The van der Waals surface area contributed by atoms with Crippen molar-refractivity contribution in [1.82, 2.24) is 5.32 Å². The molecule has 2 rings (SSSR count). The molecule has 0 aliphatic heterocycles. The molecule has 0 heterocycles. The van der Waals surface area contributed by atoms with Gasteiger partial charge in [-0.2, -0.15) is 5.26 Å². The van der Waals surface area contributed by atoms with Crippen molar-refractivity contribution in [3.05, 3.63) is 71.3 Å². The standard InChI is InChI=1S/C20H16N2O2/c1-2-12-24-19-11-7-6-10-17(19)13-18(14-21)20(23)22-15-16-8-4-3-5-9-16/h1,3-11,13H,12,15H2,(H,22,23)/b18-13+. The molecule has 24 heavy (non-hydrogen) atoms. The largest absolute Gasteiger partial charge is 0.480 e. The fourth-order valence-corrected chi connectivity index (χ4v) is 2.03. The van der Waals surface area contributed by atoms with E-state index < -0.39 is 5.91 Å². The summed E-state index contributed by atoms with van der Waals surface area (Å²) < 4.78 is 5.42. The number of nitrogens with one attached hydrogen (secondary N) is 1. The van der Waals surface area contributed by atoms with Crippen LogP contribution in [0, 0.1) is 23.7 Å². The van der Waals surface area contributed by atoms with Gasteiger partial charge in [-0.15, -0.1) is 6.42 Å². The third-order valence-corrected chi connectivity index (χ3v) is 3.19. The third kappa shape index (κ3) is 4.76. The molecular formula is C20H16N2O2. The minimum Gasteiger partial charge on any atom is -0.480 e. The molecule has 0 atom stereocenters. The molecule has 0 aromatic heterocycles. The molecule has 1 N–H and O–H groups in total. The van der Waals surface area contributed by atoms with Crippen molar-refractivity contribution in [3.8, 4) is 24.2 Å². The zero-order chi connectivity index (χ0) is 17.2. The van der Waals surface area contributed by atoms with Crippen LogP contribution in [0.3, 0.4) is 0 Å². The first-order valence-corrected chi connectivity index (χ1v) is 7.34. The van der Waals surface area contributed by atoms with Crippen LogP contribution in [-0.4, -0.2) is 12.5 Å². The highest BCUT2D eigenvalue weighted by Gasteiger charge is 2.10. The Hall–Kier alpha value is -3.50. The van der Waals surface area contributed by atoms with Gasteiger partial charge in [0.2, 0.25) is 0 Å². The number of para-hydroxylation sites is 1. The van der Waals surface area contributed by atoms with Gasteiger partial charge in [0.15, 0.2) is 0 Å². The summed E-state index contributed by atoms with van der Waals surface area (Å²) in [6, 6.07) is 18.5. The Kier molecular flexibility index (Phi) is 6.20. The summed E-state index contributed by atoms with van der Waals surface area (Å²) in [4.78, 5) is 12.2. The number of carbonyl (C=O) groups is 1. The van der Waals surface area contributed by atoms with E-state index in [1.165, 1.54) is 6.08 Å². The molecule has 4 heteroatoms. The molecule has 0 aliphatic rings. The van der Waals surface area contributed by atoms with Crippen molar-refractivity contribution in [2.45, 2.75) is 6.54 Å². The van der Waals surface area contributed by atoms with Crippen molar-refractivity contribution in [2.75, 3.05) is 6.61 Å². The highest BCUT2D eigenvalue weighted by molar-refractivity contribution is 6.01. The number of hydrogen-bond acceptors (Lipinski definition) is 3. The van der Waals surface area contributed by atoms with E-state index in [0.717, 1.165) is 5.56 Å². The molecule has 0 fully saturated rings. The molecule has 0 aliphatic carbocycles. The van der Waals surface area contributed by atoms with Crippen molar-refractivity contribution in [1.29, 1.82) is 5.26 Å². The molecule has 118 valence electrons. The number of hydrogen-bond donors (Lipinski definition) is 1. The Morgan fingerprint density at radius 1 is 1.17 bits per heavy atom. The molecule has 0 radical (unpaired) electrons. The molecule has 4 nitrogen and oxygen atoms in total. The SMILES string of the molecule is C#CCOc1ccccc1/C=C(\C#N)C(=O)NCc1ccccc1. The highest BCUT2D eigenvalue weighted by atomic mass is 16.5. The summed E-state index contributed by atoms with van der Waals surface area (Å²) in [5.74, 6) is 2.47. The second kappa shape index (κ2) is 8.82. The second-order valence-corrected chi connectivity index (χ2v) is 4.87. The normalized spacial score (nSPS) is 10.3. The van der Waals surface area contributed by atoms with Gasteiger partial charge in [-0.1, -0.05) is 54.5 Å². The van der Waals surface area contributed by atoms with Gasteiger partial charge < -0.3 is 10.1 Å². The van der Waals surface area contributed by atoms with Crippen molar-refractivity contribution >= 4 is 12.0 Å². The van der Waals surface area contributed by atoms with Gasteiger partial charge in [-0.3, -0.25) is 4.79 Å². The van der Waals surface area contributed by atoms with E-state index >= 15 is 0 Å². The number of nitrogens with zero attached hydrogens (tertiary/aromatic N) is 1. The van der Waals surface area contributed by atoms with Gasteiger partial charge in [0.25, 0.3) is 5.91 Å². The quantitative estimate of drug-likeness (QED) is 0.506. The predicted octanol–water partition coefficient (Wildman–Crippen LogP) is 2.92. The Bertz CT molecular complexity index is 812. The molecule has 2 aromatic carbocycles. The van der Waals surface area contributed by atoms with E-state index in [4.69, 9.17) is 11.2 Å². The fourth-order valence-electron chi connectivity index (χ4n) is 2.03. The number of rotatable bonds is 6. The maximum Gasteiger partial charge on any atom is 0.262 e. The zero-order valence-electron chi connectivity index (χ0n) is 13.0. The Morgan fingerprint density at radius 3 is 2.58 bits per heavy atom. The Morgan fingerprint density at radius 2 is 1.88 bits per heavy atom. The van der Waals surface area contributed by atoms with Gasteiger partial charge in [0.05, 0.1) is 0 Å². The van der Waals surface area contributed by atoms with E-state index in [2.05, 4.69) is 11.2 Å². The van der Waals surface area contributed by atoms with Crippen molar-refractivity contribution < 1.29 is 9.53 Å². The number of benzene rings is 2. The summed E-state index contributed by atoms with van der Waals surface area (Å²) >= 11 is 0. The maximum atomic E-state index is 12.2. The lowest BCUT2D eigenvalue weighted by Gasteiger charge is -2.07. The summed E-state index contributed by atoms with van der Waals surface area (Å²) in [6.45, 7) is 0.473. The molecule has 0 bridgehead atoms. The number of nitriles is 1. The van der Waals surface area contributed by atoms with Crippen LogP contribution in [0.2, 0.25) is 0 Å². The number of terminal acetylenes is 1. The second-order valence-electron chi connectivity index (χ2n) is 4.87. The average Bonchev–Trinajstić information content (AvgIpc) is 2.64. The Labute approximate surface area is 141 Å². The van der Waals surface area contributed by atoms with Gasteiger partial charge in [-0.25, -0.2) is 0 Å². The van der Waals surface area contributed by atoms with Crippen molar-refractivity contribution in [2.24, 2.45) is 0 Å². The lowest BCUT2D eigenvalue weighted by Crippen LogP contribution is -2.23. The fraction of sp³-hybridized carbons (Fsp3) is 0.100. The minimum atomic E-state index is -0.437. The molecule has 2 aromatic rings. The van der Waals surface area contributed by atoms with Crippen LogP contribution < -0.4 is 10.1 Å². The van der Waals surface area contributed by atoms with Gasteiger partial charge >= 0.3 is 0 Å². The first kappa shape index (κ1) is 16.9. The lowest BCUT2D eigenvalue weighted by atomic mass is 10.1. The molecule has 1 amide bonds. The van der Waals surface area contributed by atoms with Gasteiger partial charge in [0.1, 0.15) is 24.0 Å². The summed E-state index contributed by atoms with van der Waals surface area (Å²) in [5, 5.41) is 12.0. The molecule has 0 saturated carbocycles. The van der Waals surface area contributed by atoms with Gasteiger partial charge in [0, 0.05) is 12.1 Å². The van der Waals surface area contributed by atoms with E-state index in [0.29, 0.717) is 17.9 Å². The summed E-state index contributed by atoms with van der Waals surface area (Å²) in [5.41, 5.74) is 1.59. The summed E-state index contributed by atoms with van der Waals surface area (Å²) in [6.07, 6.45) is 6.68. The number of ether oxygens (including phenoxy) is 1. The number of carbonyl (C=O) groups excluding carboxylic acids is 1. The smallest absolute Gasteiger partial charge is 0.262 e. The molecular weight excluding hydrogens is 300 g/mol. The first-order chi connectivity index (χ1) is 11.7. The van der Waals surface area contributed by atoms with Crippen LogP contribution >= 0.6 is 0 Å². The van der Waals surface area contributed by atoms with Crippen LogP contribution in [0.1, 0.15) is 11.1 Å². The molecule has 0 spiro atoms. The van der Waals surface area contributed by atoms with E-state index in [1.807, 2.05) is 36.4 Å². The first-order valence-electron chi connectivity index (χ1n) is 7.34. The van der Waals surface area contributed by atoms with Gasteiger partial charge in [-0.05, 0) is 17.7 Å². The third-order valence-electron chi connectivity index (χ3n) is 3.19. The van der Waals surface area contributed by atoms with Crippen LogP contribution in [0.15, 0.2) is 60.2 Å². The Balaban J connectivity index is 2.13. The zero-order valence-corrected chi connectivity index (χ0v) is 13.0. The van der Waals surface area contributed by atoms with E-state index in [1.54, 1.807) is 24.3 Å². The van der Waals surface area contributed by atoms with Crippen LogP contribution in [0.4, 0.5) is 0 Å². The maximum absolute atomic E-state index is 12.2. The summed E-state index contributed by atoms with van der Waals surface area (Å²) in [7, 11) is 0. The lowest BCUT2D eigenvalue weighted by molar-refractivity contribution is -0.117. The average molecular weight is 316 g/mol. The molecule has 0 unspecified atom stereocenters. The van der Waals surface area contributed by atoms with E-state index in [9.17, 15) is 10.1 Å². The predicted molar refractivity (Wildman–Crippen MR) is 92.6 cm³/mol. The van der Waals surface area contributed by atoms with Crippen molar-refractivity contribution in [3.63, 3.8) is 0 Å². The van der Waals surface area contributed by atoms with E-state index in [-0.39, 0.29) is 12.2 Å². The van der Waals surface area contributed by atoms with Crippen LogP contribution in [0.25, 0.3) is 6.08 Å². The van der Waals surface area contributed by atoms with Crippen LogP contribution in [0.5, 0.6) is 5.75 Å². The van der Waals surface area contributed by atoms with Crippen LogP contribution in [-0.2, 0) is 11.3 Å². The molecule has 0 saturated heterocycles. The highest BCUT2D eigenvalue weighted by Crippen LogP contribution is 2.21. The monoisotopic (exact) mass is 316 g/mol. The topological polar surface area (TPSA) is 62.1 Å². The number of amides is 1.